The lowest BCUT2D eigenvalue weighted by atomic mass is 10.1. The number of nitro benzene ring substituents is 1. The number of hydrogen-bond acceptors (Lipinski definition) is 5. The minimum Gasteiger partial charge on any atom is -0.345 e. The normalized spacial score (nSPS) is 17.3. The highest BCUT2D eigenvalue weighted by molar-refractivity contribution is 7.89. The number of aromatic nitrogens is 1. The Morgan fingerprint density at radius 1 is 1.10 bits per heavy atom. The third-order valence-corrected chi connectivity index (χ3v) is 7.43. The van der Waals surface area contributed by atoms with Crippen LogP contribution in [0.2, 0.25) is 0 Å². The van der Waals surface area contributed by atoms with Gasteiger partial charge in [-0.15, -0.1) is 0 Å². The zero-order valence-corrected chi connectivity index (χ0v) is 16.9. The average Bonchev–Trinajstić information content (AvgIpc) is 3.31. The van der Waals surface area contributed by atoms with Crippen LogP contribution in [0, 0.1) is 10.1 Å². The van der Waals surface area contributed by atoms with Crippen molar-refractivity contribution < 1.29 is 18.1 Å². The van der Waals surface area contributed by atoms with Gasteiger partial charge in [0.2, 0.25) is 10.0 Å². The molecule has 3 heterocycles. The Hall–Kier alpha value is -2.72. The molecule has 0 unspecified atom stereocenters. The molecule has 0 saturated carbocycles. The standard InChI is InChI=1S/C19H22N4O5S/c1-20-13-16(29(27,28)21-8-3-2-4-9-21)12-18(20)19(24)22-10-7-14-11-15(23(25)26)5-6-17(14)22/h5-6,11-13H,2-4,7-10H2,1H3. The Bertz CT molecular complexity index is 1090. The number of rotatable bonds is 4. The second-order valence-electron chi connectivity index (χ2n) is 7.41. The second kappa shape index (κ2) is 7.27. The summed E-state index contributed by atoms with van der Waals surface area (Å²) in [6.07, 6.45) is 4.70. The van der Waals surface area contributed by atoms with E-state index in [2.05, 4.69) is 0 Å². The number of nitrogens with zero attached hydrogens (tertiary/aromatic N) is 4. The molecular weight excluding hydrogens is 396 g/mol. The lowest BCUT2D eigenvalue weighted by molar-refractivity contribution is -0.384. The van der Waals surface area contributed by atoms with Crippen molar-refractivity contribution in [3.8, 4) is 0 Å². The molecule has 0 aliphatic carbocycles. The number of aryl methyl sites for hydroxylation is 1. The molecule has 1 aromatic heterocycles. The number of benzene rings is 1. The van der Waals surface area contributed by atoms with E-state index in [4.69, 9.17) is 0 Å². The Balaban J connectivity index is 1.62. The summed E-state index contributed by atoms with van der Waals surface area (Å²) in [7, 11) is -1.98. The van der Waals surface area contributed by atoms with Crippen LogP contribution in [0.4, 0.5) is 11.4 Å². The number of hydrogen-bond donors (Lipinski definition) is 0. The quantitative estimate of drug-likeness (QED) is 0.560. The molecule has 0 bridgehead atoms. The monoisotopic (exact) mass is 418 g/mol. The van der Waals surface area contributed by atoms with Gasteiger partial charge >= 0.3 is 0 Å². The lowest BCUT2D eigenvalue weighted by Gasteiger charge is -2.25. The average molecular weight is 418 g/mol. The Morgan fingerprint density at radius 3 is 2.52 bits per heavy atom. The Kier molecular flexibility index (Phi) is 4.91. The van der Waals surface area contributed by atoms with Crippen molar-refractivity contribution in [2.45, 2.75) is 30.6 Å². The van der Waals surface area contributed by atoms with Gasteiger partial charge < -0.3 is 9.47 Å². The summed E-state index contributed by atoms with van der Waals surface area (Å²) >= 11 is 0. The van der Waals surface area contributed by atoms with Gasteiger partial charge in [0.25, 0.3) is 11.6 Å². The summed E-state index contributed by atoms with van der Waals surface area (Å²) < 4.78 is 28.8. The van der Waals surface area contributed by atoms with Crippen LogP contribution in [0.25, 0.3) is 0 Å². The van der Waals surface area contributed by atoms with Crippen molar-refractivity contribution in [3.63, 3.8) is 0 Å². The molecule has 9 nitrogen and oxygen atoms in total. The van der Waals surface area contributed by atoms with Gasteiger partial charge in [-0.1, -0.05) is 6.42 Å². The van der Waals surface area contributed by atoms with Gasteiger partial charge in [0.1, 0.15) is 10.6 Å². The van der Waals surface area contributed by atoms with Crippen LogP contribution in [0.15, 0.2) is 35.4 Å². The van der Waals surface area contributed by atoms with Crippen molar-refractivity contribution in [3.05, 3.63) is 51.8 Å². The molecule has 154 valence electrons. The highest BCUT2D eigenvalue weighted by atomic mass is 32.2. The van der Waals surface area contributed by atoms with Crippen LogP contribution in [-0.4, -0.2) is 47.8 Å². The number of fused-ring (bicyclic) bond motifs is 1. The molecule has 10 heteroatoms. The van der Waals surface area contributed by atoms with E-state index in [0.717, 1.165) is 24.8 Å². The molecule has 1 amide bonds. The summed E-state index contributed by atoms with van der Waals surface area (Å²) in [6.45, 7) is 1.40. The van der Waals surface area contributed by atoms with Crippen molar-refractivity contribution in [1.82, 2.24) is 8.87 Å². The van der Waals surface area contributed by atoms with Gasteiger partial charge in [0.15, 0.2) is 0 Å². The maximum atomic E-state index is 13.1. The molecule has 0 atom stereocenters. The molecule has 0 N–H and O–H groups in total. The number of non-ortho nitro benzene ring substituents is 1. The fourth-order valence-corrected chi connectivity index (χ4v) is 5.58. The van der Waals surface area contributed by atoms with Crippen LogP contribution < -0.4 is 4.90 Å². The summed E-state index contributed by atoms with van der Waals surface area (Å²) in [5.74, 6) is -0.319. The maximum Gasteiger partial charge on any atom is 0.274 e. The molecule has 1 saturated heterocycles. The van der Waals surface area contributed by atoms with E-state index >= 15 is 0 Å². The largest absolute Gasteiger partial charge is 0.345 e. The van der Waals surface area contributed by atoms with Gasteiger partial charge in [0, 0.05) is 50.7 Å². The summed E-state index contributed by atoms with van der Waals surface area (Å²) in [5.41, 5.74) is 1.63. The smallest absolute Gasteiger partial charge is 0.274 e. The number of carbonyl (C=O) groups is 1. The highest BCUT2D eigenvalue weighted by Gasteiger charge is 2.32. The van der Waals surface area contributed by atoms with Gasteiger partial charge in [-0.2, -0.15) is 4.31 Å². The molecule has 2 aliphatic rings. The predicted molar refractivity (Wildman–Crippen MR) is 106 cm³/mol. The second-order valence-corrected chi connectivity index (χ2v) is 9.35. The third-order valence-electron chi connectivity index (χ3n) is 5.57. The minimum atomic E-state index is -3.63. The van der Waals surface area contributed by atoms with E-state index in [-0.39, 0.29) is 22.2 Å². The predicted octanol–water partition coefficient (Wildman–Crippen LogP) is 2.31. The van der Waals surface area contributed by atoms with Gasteiger partial charge in [0.05, 0.1) is 4.92 Å². The number of amides is 1. The number of anilines is 1. The molecule has 0 spiro atoms. The zero-order valence-electron chi connectivity index (χ0n) is 16.1. The van der Waals surface area contributed by atoms with Crippen molar-refractivity contribution in [1.29, 1.82) is 0 Å². The molecule has 2 aromatic rings. The third kappa shape index (κ3) is 3.42. The summed E-state index contributed by atoms with van der Waals surface area (Å²) in [5, 5.41) is 11.0. The van der Waals surface area contributed by atoms with Crippen LogP contribution in [0.3, 0.4) is 0 Å². The minimum absolute atomic E-state index is 0.00757. The number of piperidine rings is 1. The highest BCUT2D eigenvalue weighted by Crippen LogP contribution is 2.33. The van der Waals surface area contributed by atoms with Gasteiger partial charge in [-0.05, 0) is 37.0 Å². The molecule has 0 radical (unpaired) electrons. The van der Waals surface area contributed by atoms with Gasteiger partial charge in [-0.3, -0.25) is 14.9 Å². The van der Waals surface area contributed by atoms with E-state index in [9.17, 15) is 23.3 Å². The zero-order chi connectivity index (χ0) is 20.8. The first kappa shape index (κ1) is 19.6. The molecular formula is C19H22N4O5S. The molecule has 29 heavy (non-hydrogen) atoms. The molecule has 1 fully saturated rings. The van der Waals surface area contributed by atoms with Crippen LogP contribution >= 0.6 is 0 Å². The molecule has 4 rings (SSSR count). The van der Waals surface area contributed by atoms with Crippen molar-refractivity contribution in [2.24, 2.45) is 7.05 Å². The topological polar surface area (TPSA) is 106 Å². The van der Waals surface area contributed by atoms with E-state index in [1.165, 1.54) is 33.3 Å². The van der Waals surface area contributed by atoms with E-state index in [1.54, 1.807) is 18.0 Å². The Labute approximate surface area is 168 Å². The summed E-state index contributed by atoms with van der Waals surface area (Å²) in [4.78, 5) is 25.3. The van der Waals surface area contributed by atoms with Crippen LogP contribution in [0.5, 0.6) is 0 Å². The first-order valence-corrected chi connectivity index (χ1v) is 11.0. The summed E-state index contributed by atoms with van der Waals surface area (Å²) in [6, 6.07) is 5.86. The van der Waals surface area contributed by atoms with E-state index in [1.807, 2.05) is 0 Å². The van der Waals surface area contributed by atoms with Crippen molar-refractivity contribution in [2.75, 3.05) is 24.5 Å². The van der Waals surface area contributed by atoms with Crippen molar-refractivity contribution >= 4 is 27.3 Å². The van der Waals surface area contributed by atoms with Crippen LogP contribution in [-0.2, 0) is 23.5 Å². The Morgan fingerprint density at radius 2 is 1.83 bits per heavy atom. The molecule has 1 aromatic carbocycles. The fraction of sp³-hybridized carbons (Fsp3) is 0.421. The van der Waals surface area contributed by atoms with E-state index in [0.29, 0.717) is 31.7 Å². The van der Waals surface area contributed by atoms with Crippen LogP contribution in [0.1, 0.15) is 35.3 Å². The SMILES string of the molecule is Cn1cc(S(=O)(=O)N2CCCCC2)cc1C(=O)N1CCc2cc([N+](=O)[O-])ccc21. The lowest BCUT2D eigenvalue weighted by Crippen LogP contribution is -2.35. The number of sulfonamides is 1. The molecule has 2 aliphatic heterocycles. The maximum absolute atomic E-state index is 13.1. The fourth-order valence-electron chi connectivity index (χ4n) is 3.99. The number of nitro groups is 1. The van der Waals surface area contributed by atoms with Gasteiger partial charge in [-0.25, -0.2) is 8.42 Å². The van der Waals surface area contributed by atoms with E-state index < -0.39 is 14.9 Å². The first-order chi connectivity index (χ1) is 13.8. The number of carbonyl (C=O) groups excluding carboxylic acids is 1. The first-order valence-electron chi connectivity index (χ1n) is 9.55.